The number of hydrogen-bond acceptors (Lipinski definition) is 3. The average Bonchev–Trinajstić information content (AvgIpc) is 2.52. The van der Waals surface area contributed by atoms with Gasteiger partial charge in [-0.2, -0.15) is 11.8 Å². The molecular formula is C16H21NO3S. The molecule has 0 radical (unpaired) electrons. The van der Waals surface area contributed by atoms with E-state index in [1.807, 2.05) is 18.2 Å². The van der Waals surface area contributed by atoms with Crippen molar-refractivity contribution < 1.29 is 14.7 Å². The zero-order valence-electron chi connectivity index (χ0n) is 12.0. The van der Waals surface area contributed by atoms with Crippen LogP contribution in [0.2, 0.25) is 0 Å². The summed E-state index contributed by atoms with van der Waals surface area (Å²) in [7, 11) is 0. The summed E-state index contributed by atoms with van der Waals surface area (Å²) >= 11 is 1.74. The molecule has 0 aliphatic carbocycles. The molecule has 2 rings (SSSR count). The molecule has 0 saturated carbocycles. The number of carboxylic acids is 1. The van der Waals surface area contributed by atoms with E-state index in [9.17, 15) is 9.59 Å². The summed E-state index contributed by atoms with van der Waals surface area (Å²) in [5.41, 5.74) is 1.26. The van der Waals surface area contributed by atoms with Crippen molar-refractivity contribution in [1.29, 1.82) is 0 Å². The molecule has 1 saturated heterocycles. The molecule has 0 spiro atoms. The van der Waals surface area contributed by atoms with Crippen molar-refractivity contribution >= 4 is 23.6 Å². The molecule has 4 nitrogen and oxygen atoms in total. The molecule has 1 aliphatic heterocycles. The van der Waals surface area contributed by atoms with E-state index >= 15 is 0 Å². The molecule has 1 aliphatic rings. The van der Waals surface area contributed by atoms with E-state index < -0.39 is 5.97 Å². The van der Waals surface area contributed by atoms with E-state index in [1.165, 1.54) is 5.56 Å². The Hall–Kier alpha value is -1.49. The molecule has 5 heteroatoms. The minimum Gasteiger partial charge on any atom is -0.481 e. The first-order valence-corrected chi connectivity index (χ1v) is 8.44. The molecular weight excluding hydrogens is 286 g/mol. The maximum atomic E-state index is 12.1. The number of thioether (sulfide) groups is 1. The van der Waals surface area contributed by atoms with Gasteiger partial charge >= 0.3 is 5.97 Å². The monoisotopic (exact) mass is 307 g/mol. The van der Waals surface area contributed by atoms with Crippen molar-refractivity contribution in [1.82, 2.24) is 4.90 Å². The molecule has 1 amide bonds. The standard InChI is InChI=1S/C16H21NO3S/c18-15(17-9-4-7-14(11-17)16(19)20)8-10-21-12-13-5-2-1-3-6-13/h1-3,5-6,14H,4,7-12H2,(H,19,20). The van der Waals surface area contributed by atoms with E-state index in [2.05, 4.69) is 12.1 Å². The number of rotatable bonds is 6. The Morgan fingerprint density at radius 1 is 1.29 bits per heavy atom. The molecule has 21 heavy (non-hydrogen) atoms. The Labute approximate surface area is 129 Å². The summed E-state index contributed by atoms with van der Waals surface area (Å²) in [4.78, 5) is 24.8. The topological polar surface area (TPSA) is 57.6 Å². The zero-order chi connectivity index (χ0) is 15.1. The fourth-order valence-electron chi connectivity index (χ4n) is 2.49. The minimum absolute atomic E-state index is 0.0847. The van der Waals surface area contributed by atoms with Crippen LogP contribution in [0.15, 0.2) is 30.3 Å². The van der Waals surface area contributed by atoms with E-state index in [0.717, 1.165) is 17.9 Å². The fraction of sp³-hybridized carbons (Fsp3) is 0.500. The molecule has 1 N–H and O–H groups in total. The summed E-state index contributed by atoms with van der Waals surface area (Å²) in [5, 5.41) is 9.04. The third kappa shape index (κ3) is 5.08. The molecule has 1 fully saturated rings. The molecule has 0 bridgehead atoms. The van der Waals surface area contributed by atoms with Crippen molar-refractivity contribution in [2.45, 2.75) is 25.0 Å². The van der Waals surface area contributed by atoms with Crippen molar-refractivity contribution in [2.24, 2.45) is 5.92 Å². The van der Waals surface area contributed by atoms with E-state index in [4.69, 9.17) is 5.11 Å². The quantitative estimate of drug-likeness (QED) is 0.821. The van der Waals surface area contributed by atoms with Gasteiger partial charge in [0.2, 0.25) is 5.91 Å². The number of hydrogen-bond donors (Lipinski definition) is 1. The predicted octanol–water partition coefficient (Wildman–Crippen LogP) is 2.63. The van der Waals surface area contributed by atoms with E-state index in [1.54, 1.807) is 16.7 Å². The van der Waals surface area contributed by atoms with Gasteiger partial charge in [-0.15, -0.1) is 0 Å². The Morgan fingerprint density at radius 3 is 2.76 bits per heavy atom. The highest BCUT2D eigenvalue weighted by molar-refractivity contribution is 7.98. The van der Waals surface area contributed by atoms with Gasteiger partial charge in [0.25, 0.3) is 0 Å². The lowest BCUT2D eigenvalue weighted by molar-refractivity contribution is -0.145. The maximum Gasteiger partial charge on any atom is 0.308 e. The molecule has 0 aromatic heterocycles. The number of aliphatic carboxylic acids is 1. The number of nitrogens with zero attached hydrogens (tertiary/aromatic N) is 1. The van der Waals surface area contributed by atoms with Gasteiger partial charge in [-0.1, -0.05) is 30.3 Å². The third-order valence-corrected chi connectivity index (χ3v) is 4.73. The van der Waals surface area contributed by atoms with Crippen LogP contribution in [-0.4, -0.2) is 40.7 Å². The molecule has 1 aromatic carbocycles. The Bertz CT molecular complexity index is 478. The highest BCUT2D eigenvalue weighted by atomic mass is 32.2. The predicted molar refractivity (Wildman–Crippen MR) is 84.2 cm³/mol. The van der Waals surface area contributed by atoms with Crippen LogP contribution < -0.4 is 0 Å². The fourth-order valence-corrected chi connectivity index (χ4v) is 3.38. The second-order valence-corrected chi connectivity index (χ2v) is 6.41. The van der Waals surface area contributed by atoms with Crippen molar-refractivity contribution in [3.05, 3.63) is 35.9 Å². The van der Waals surface area contributed by atoms with E-state index in [0.29, 0.717) is 25.9 Å². The molecule has 114 valence electrons. The third-order valence-electron chi connectivity index (χ3n) is 3.70. The van der Waals surface area contributed by atoms with Crippen LogP contribution >= 0.6 is 11.8 Å². The van der Waals surface area contributed by atoms with Gasteiger partial charge in [-0.05, 0) is 18.4 Å². The van der Waals surface area contributed by atoms with Crippen LogP contribution in [0.1, 0.15) is 24.8 Å². The highest BCUT2D eigenvalue weighted by Crippen LogP contribution is 2.18. The van der Waals surface area contributed by atoms with E-state index in [-0.39, 0.29) is 11.8 Å². The SMILES string of the molecule is O=C(O)C1CCCN(C(=O)CCSCc2ccccc2)C1. The van der Waals surface area contributed by atoms with Gasteiger partial charge < -0.3 is 10.0 Å². The molecule has 1 heterocycles. The van der Waals surface area contributed by atoms with Gasteiger partial charge in [0, 0.05) is 31.0 Å². The number of amides is 1. The van der Waals surface area contributed by atoms with Crippen LogP contribution in [0.5, 0.6) is 0 Å². The number of carbonyl (C=O) groups excluding carboxylic acids is 1. The Kier molecular flexibility index (Phi) is 6.11. The van der Waals surface area contributed by atoms with Crippen LogP contribution in [0.4, 0.5) is 0 Å². The van der Waals surface area contributed by atoms with Gasteiger partial charge in [-0.25, -0.2) is 0 Å². The summed E-state index contributed by atoms with van der Waals surface area (Å²) in [5.74, 6) is 0.598. The lowest BCUT2D eigenvalue weighted by Crippen LogP contribution is -2.42. The van der Waals surface area contributed by atoms with Gasteiger partial charge in [-0.3, -0.25) is 9.59 Å². The van der Waals surface area contributed by atoms with Crippen LogP contribution in [0.3, 0.4) is 0 Å². The Morgan fingerprint density at radius 2 is 2.05 bits per heavy atom. The summed E-state index contributed by atoms with van der Waals surface area (Å²) < 4.78 is 0. The summed E-state index contributed by atoms with van der Waals surface area (Å²) in [6.07, 6.45) is 1.96. The van der Waals surface area contributed by atoms with Crippen molar-refractivity contribution in [2.75, 3.05) is 18.8 Å². The normalized spacial score (nSPS) is 18.5. The number of benzene rings is 1. The molecule has 1 atom stereocenters. The highest BCUT2D eigenvalue weighted by Gasteiger charge is 2.27. The van der Waals surface area contributed by atoms with Crippen molar-refractivity contribution in [3.63, 3.8) is 0 Å². The second kappa shape index (κ2) is 8.08. The summed E-state index contributed by atoms with van der Waals surface area (Å²) in [6.45, 7) is 1.07. The first-order chi connectivity index (χ1) is 10.2. The summed E-state index contributed by atoms with van der Waals surface area (Å²) in [6, 6.07) is 10.2. The second-order valence-electron chi connectivity index (χ2n) is 5.31. The zero-order valence-corrected chi connectivity index (χ0v) is 12.8. The number of carbonyl (C=O) groups is 2. The first kappa shape index (κ1) is 15.9. The maximum absolute atomic E-state index is 12.1. The number of piperidine rings is 1. The van der Waals surface area contributed by atoms with Crippen LogP contribution in [0.25, 0.3) is 0 Å². The van der Waals surface area contributed by atoms with Gasteiger partial charge in [0.05, 0.1) is 5.92 Å². The average molecular weight is 307 g/mol. The lowest BCUT2D eigenvalue weighted by atomic mass is 9.98. The van der Waals surface area contributed by atoms with Crippen LogP contribution in [-0.2, 0) is 15.3 Å². The minimum atomic E-state index is -0.786. The molecule has 1 unspecified atom stereocenters. The Balaban J connectivity index is 1.68. The first-order valence-electron chi connectivity index (χ1n) is 7.29. The smallest absolute Gasteiger partial charge is 0.308 e. The van der Waals surface area contributed by atoms with Crippen molar-refractivity contribution in [3.8, 4) is 0 Å². The van der Waals surface area contributed by atoms with Crippen LogP contribution in [0, 0.1) is 5.92 Å². The number of likely N-dealkylation sites (tertiary alicyclic amines) is 1. The van der Waals surface area contributed by atoms with Gasteiger partial charge in [0.1, 0.15) is 0 Å². The van der Waals surface area contributed by atoms with Gasteiger partial charge in [0.15, 0.2) is 0 Å². The lowest BCUT2D eigenvalue weighted by Gasteiger charge is -2.30. The molecule has 1 aromatic rings. The number of carboxylic acid groups (broad SMARTS) is 1. The largest absolute Gasteiger partial charge is 0.481 e.